The first-order chi connectivity index (χ1) is 8.45. The number of hydrogen-bond acceptors (Lipinski definition) is 2. The Hall–Kier alpha value is -1.35. The average Bonchev–Trinajstić information content (AvgIpc) is 2.62. The van der Waals surface area contributed by atoms with E-state index in [9.17, 15) is 9.90 Å². The van der Waals surface area contributed by atoms with Gasteiger partial charge in [0, 0.05) is 5.56 Å². The SMILES string of the molecule is CCC1C(=O)Nc2c1cc(C)cc2C(O)C(C)C. The van der Waals surface area contributed by atoms with Crippen LogP contribution in [0.1, 0.15) is 55.9 Å². The smallest absolute Gasteiger partial charge is 0.232 e. The summed E-state index contributed by atoms with van der Waals surface area (Å²) >= 11 is 0. The quantitative estimate of drug-likeness (QED) is 0.862. The zero-order chi connectivity index (χ0) is 13.4. The first kappa shape index (κ1) is 13.1. The van der Waals surface area contributed by atoms with Gasteiger partial charge in [0.25, 0.3) is 0 Å². The first-order valence-electron chi connectivity index (χ1n) is 6.59. The third-order valence-electron chi connectivity index (χ3n) is 3.64. The maximum absolute atomic E-state index is 11.9. The lowest BCUT2D eigenvalue weighted by atomic mass is 9.90. The summed E-state index contributed by atoms with van der Waals surface area (Å²) in [6.45, 7) is 7.98. The second-order valence-corrected chi connectivity index (χ2v) is 5.46. The van der Waals surface area contributed by atoms with Gasteiger partial charge in [-0.2, -0.15) is 0 Å². The van der Waals surface area contributed by atoms with E-state index in [0.29, 0.717) is 0 Å². The summed E-state index contributed by atoms with van der Waals surface area (Å²) in [6, 6.07) is 4.03. The van der Waals surface area contributed by atoms with Crippen LogP contribution in [0.15, 0.2) is 12.1 Å². The molecular weight excluding hydrogens is 226 g/mol. The summed E-state index contributed by atoms with van der Waals surface area (Å²) in [6.07, 6.45) is 0.258. The molecule has 3 heteroatoms. The number of nitrogens with one attached hydrogen (secondary N) is 1. The van der Waals surface area contributed by atoms with E-state index >= 15 is 0 Å². The summed E-state index contributed by atoms with van der Waals surface area (Å²) in [5.74, 6) is 0.113. The van der Waals surface area contributed by atoms with Crippen LogP contribution >= 0.6 is 0 Å². The average molecular weight is 247 g/mol. The minimum Gasteiger partial charge on any atom is -0.388 e. The summed E-state index contributed by atoms with van der Waals surface area (Å²) < 4.78 is 0. The van der Waals surface area contributed by atoms with Crippen molar-refractivity contribution in [1.29, 1.82) is 0 Å². The van der Waals surface area contributed by atoms with Crippen molar-refractivity contribution in [3.05, 3.63) is 28.8 Å². The number of carbonyl (C=O) groups is 1. The number of aliphatic hydroxyl groups excluding tert-OH is 1. The normalized spacial score (nSPS) is 19.9. The van der Waals surface area contributed by atoms with Gasteiger partial charge in [0.15, 0.2) is 0 Å². The van der Waals surface area contributed by atoms with E-state index in [1.165, 1.54) is 0 Å². The molecule has 3 nitrogen and oxygen atoms in total. The lowest BCUT2D eigenvalue weighted by molar-refractivity contribution is -0.117. The third kappa shape index (κ3) is 2.03. The van der Waals surface area contributed by atoms with E-state index in [-0.39, 0.29) is 17.7 Å². The van der Waals surface area contributed by atoms with Crippen LogP contribution in [-0.4, -0.2) is 11.0 Å². The Morgan fingerprint density at radius 1 is 1.39 bits per heavy atom. The Morgan fingerprint density at radius 2 is 2.06 bits per heavy atom. The predicted molar refractivity (Wildman–Crippen MR) is 72.6 cm³/mol. The highest BCUT2D eigenvalue weighted by molar-refractivity contribution is 6.03. The van der Waals surface area contributed by atoms with Crippen LogP contribution in [0.25, 0.3) is 0 Å². The molecule has 1 heterocycles. The number of aliphatic hydroxyl groups is 1. The Morgan fingerprint density at radius 3 is 2.61 bits per heavy atom. The molecule has 0 spiro atoms. The topological polar surface area (TPSA) is 49.3 Å². The molecule has 1 amide bonds. The summed E-state index contributed by atoms with van der Waals surface area (Å²) in [7, 11) is 0. The number of rotatable bonds is 3. The van der Waals surface area contributed by atoms with E-state index in [4.69, 9.17) is 0 Å². The number of hydrogen-bond donors (Lipinski definition) is 2. The molecule has 0 aromatic heterocycles. The zero-order valence-corrected chi connectivity index (χ0v) is 11.4. The zero-order valence-electron chi connectivity index (χ0n) is 11.4. The first-order valence-corrected chi connectivity index (χ1v) is 6.59. The summed E-state index contributed by atoms with van der Waals surface area (Å²) in [4.78, 5) is 11.9. The highest BCUT2D eigenvalue weighted by atomic mass is 16.3. The molecule has 2 N–H and O–H groups in total. The molecule has 1 aliphatic heterocycles. The molecule has 2 unspecified atom stereocenters. The molecule has 0 radical (unpaired) electrons. The second-order valence-electron chi connectivity index (χ2n) is 5.46. The van der Waals surface area contributed by atoms with Gasteiger partial charge in [-0.1, -0.05) is 38.5 Å². The monoisotopic (exact) mass is 247 g/mol. The fourth-order valence-corrected chi connectivity index (χ4v) is 2.61. The fraction of sp³-hybridized carbons (Fsp3) is 0.533. The highest BCUT2D eigenvalue weighted by Crippen LogP contribution is 2.41. The van der Waals surface area contributed by atoms with Gasteiger partial charge in [-0.15, -0.1) is 0 Å². The van der Waals surface area contributed by atoms with E-state index in [1.54, 1.807) is 0 Å². The number of amides is 1. The van der Waals surface area contributed by atoms with Crippen molar-refractivity contribution >= 4 is 11.6 Å². The predicted octanol–water partition coefficient (Wildman–Crippen LogP) is 3.13. The molecule has 0 saturated carbocycles. The minimum atomic E-state index is -0.533. The minimum absolute atomic E-state index is 0.0512. The number of carbonyl (C=O) groups excluding carboxylic acids is 1. The van der Waals surface area contributed by atoms with Crippen molar-refractivity contribution in [2.75, 3.05) is 5.32 Å². The molecule has 18 heavy (non-hydrogen) atoms. The Bertz CT molecular complexity index is 480. The molecular formula is C15H21NO2. The van der Waals surface area contributed by atoms with Crippen molar-refractivity contribution in [2.45, 2.75) is 46.1 Å². The molecule has 1 aliphatic rings. The molecule has 2 rings (SSSR count). The van der Waals surface area contributed by atoms with Crippen LogP contribution in [0.5, 0.6) is 0 Å². The number of aryl methyl sites for hydroxylation is 1. The van der Waals surface area contributed by atoms with Crippen LogP contribution in [0, 0.1) is 12.8 Å². The van der Waals surface area contributed by atoms with Crippen molar-refractivity contribution in [3.8, 4) is 0 Å². The van der Waals surface area contributed by atoms with Crippen molar-refractivity contribution < 1.29 is 9.90 Å². The van der Waals surface area contributed by atoms with Crippen LogP contribution in [-0.2, 0) is 4.79 Å². The maximum Gasteiger partial charge on any atom is 0.232 e. The van der Waals surface area contributed by atoms with Gasteiger partial charge in [-0.25, -0.2) is 0 Å². The van der Waals surface area contributed by atoms with Gasteiger partial charge in [0.1, 0.15) is 0 Å². The molecule has 0 aliphatic carbocycles. The Kier molecular flexibility index (Phi) is 3.44. The van der Waals surface area contributed by atoms with Crippen molar-refractivity contribution in [3.63, 3.8) is 0 Å². The lowest BCUT2D eigenvalue weighted by Gasteiger charge is -2.19. The van der Waals surface area contributed by atoms with Crippen LogP contribution in [0.3, 0.4) is 0 Å². The van der Waals surface area contributed by atoms with Crippen LogP contribution in [0.2, 0.25) is 0 Å². The van der Waals surface area contributed by atoms with E-state index in [2.05, 4.69) is 11.4 Å². The number of anilines is 1. The van der Waals surface area contributed by atoms with Crippen LogP contribution < -0.4 is 5.32 Å². The molecule has 0 saturated heterocycles. The van der Waals surface area contributed by atoms with Gasteiger partial charge in [0.2, 0.25) is 5.91 Å². The molecule has 0 bridgehead atoms. The van der Waals surface area contributed by atoms with Gasteiger partial charge in [0.05, 0.1) is 17.7 Å². The van der Waals surface area contributed by atoms with Gasteiger partial charge >= 0.3 is 0 Å². The maximum atomic E-state index is 11.9. The number of benzene rings is 1. The second kappa shape index (κ2) is 4.73. The fourth-order valence-electron chi connectivity index (χ4n) is 2.61. The molecule has 1 aromatic rings. The Balaban J connectivity index is 2.55. The Labute approximate surface area is 108 Å². The lowest BCUT2D eigenvalue weighted by Crippen LogP contribution is -2.12. The summed E-state index contributed by atoms with van der Waals surface area (Å²) in [5, 5.41) is 13.2. The molecule has 0 fully saturated rings. The van der Waals surface area contributed by atoms with Crippen molar-refractivity contribution in [1.82, 2.24) is 0 Å². The highest BCUT2D eigenvalue weighted by Gasteiger charge is 2.32. The third-order valence-corrected chi connectivity index (χ3v) is 3.64. The van der Waals surface area contributed by atoms with Gasteiger partial charge in [-0.05, 0) is 24.8 Å². The van der Waals surface area contributed by atoms with Crippen LogP contribution in [0.4, 0.5) is 5.69 Å². The van der Waals surface area contributed by atoms with E-state index in [1.807, 2.05) is 33.8 Å². The molecule has 2 atom stereocenters. The van der Waals surface area contributed by atoms with Gasteiger partial charge in [-0.3, -0.25) is 4.79 Å². The van der Waals surface area contributed by atoms with Gasteiger partial charge < -0.3 is 10.4 Å². The van der Waals surface area contributed by atoms with E-state index in [0.717, 1.165) is 28.8 Å². The molecule has 98 valence electrons. The van der Waals surface area contributed by atoms with E-state index < -0.39 is 6.10 Å². The number of fused-ring (bicyclic) bond motifs is 1. The standard InChI is InChI=1S/C15H21NO2/c1-5-10-11-6-9(4)7-12(14(17)8(2)3)13(11)16-15(10)18/h6-8,10,14,17H,5H2,1-4H3,(H,16,18). The van der Waals surface area contributed by atoms with Crippen molar-refractivity contribution in [2.24, 2.45) is 5.92 Å². The summed E-state index contributed by atoms with van der Waals surface area (Å²) in [5.41, 5.74) is 3.82. The molecule has 1 aromatic carbocycles. The largest absolute Gasteiger partial charge is 0.388 e.